The first-order chi connectivity index (χ1) is 11.1. The van der Waals surface area contributed by atoms with Crippen molar-refractivity contribution in [1.82, 2.24) is 4.90 Å². The third kappa shape index (κ3) is 2.90. The fraction of sp³-hybridized carbons (Fsp3) is 0.222. The summed E-state index contributed by atoms with van der Waals surface area (Å²) in [5, 5.41) is 3.10. The van der Waals surface area contributed by atoms with Crippen LogP contribution in [0.15, 0.2) is 47.1 Å². The van der Waals surface area contributed by atoms with Crippen LogP contribution in [-0.2, 0) is 20.7 Å². The third-order valence-corrected chi connectivity index (χ3v) is 3.90. The van der Waals surface area contributed by atoms with Gasteiger partial charge in [0.05, 0.1) is 19.8 Å². The summed E-state index contributed by atoms with van der Waals surface area (Å²) in [7, 11) is 2.88. The molecule has 5 nitrogen and oxygen atoms in total. The molecule has 3 rings (SSSR count). The number of carbonyl (C=O) groups is 2. The Morgan fingerprint density at radius 2 is 1.96 bits per heavy atom. The normalized spacial score (nSPS) is 10.9. The lowest BCUT2D eigenvalue weighted by atomic mass is 10.0. The van der Waals surface area contributed by atoms with Crippen LogP contribution in [0.3, 0.4) is 0 Å². The second-order valence-electron chi connectivity index (χ2n) is 5.42. The topological polar surface area (TPSA) is 59.8 Å². The van der Waals surface area contributed by atoms with E-state index in [1.54, 1.807) is 13.3 Å². The van der Waals surface area contributed by atoms with Crippen LogP contribution in [0.2, 0.25) is 0 Å². The molecule has 0 bridgehead atoms. The minimum Gasteiger partial charge on any atom is -0.468 e. The van der Waals surface area contributed by atoms with Gasteiger partial charge in [0.25, 0.3) is 0 Å². The molecule has 0 fully saturated rings. The number of furan rings is 1. The lowest BCUT2D eigenvalue weighted by Crippen LogP contribution is -2.33. The van der Waals surface area contributed by atoms with Gasteiger partial charge in [-0.3, -0.25) is 9.59 Å². The van der Waals surface area contributed by atoms with Crippen molar-refractivity contribution >= 4 is 33.6 Å². The Kier molecular flexibility index (Phi) is 4.02. The zero-order chi connectivity index (χ0) is 16.4. The summed E-state index contributed by atoms with van der Waals surface area (Å²) >= 11 is 0. The number of likely N-dealkylation sites (N-methyl/N-ethyl adjacent to an activating group) is 1. The minimum absolute atomic E-state index is 0.0636. The Balaban J connectivity index is 1.93. The highest BCUT2D eigenvalue weighted by Gasteiger charge is 2.17. The lowest BCUT2D eigenvalue weighted by molar-refractivity contribution is -0.145. The molecule has 0 aliphatic heterocycles. The van der Waals surface area contributed by atoms with E-state index in [0.717, 1.165) is 27.3 Å². The molecule has 1 amide bonds. The maximum atomic E-state index is 12.3. The van der Waals surface area contributed by atoms with Crippen molar-refractivity contribution in [3.8, 4) is 0 Å². The average Bonchev–Trinajstić information content (AvgIpc) is 2.98. The molecule has 0 aliphatic rings. The fourth-order valence-electron chi connectivity index (χ4n) is 2.65. The molecule has 1 heterocycles. The molecule has 1 aromatic heterocycles. The summed E-state index contributed by atoms with van der Waals surface area (Å²) in [6, 6.07) is 11.9. The quantitative estimate of drug-likeness (QED) is 0.695. The van der Waals surface area contributed by atoms with Gasteiger partial charge in [0.2, 0.25) is 5.91 Å². The van der Waals surface area contributed by atoms with E-state index < -0.39 is 5.97 Å². The van der Waals surface area contributed by atoms with Crippen molar-refractivity contribution < 1.29 is 18.7 Å². The lowest BCUT2D eigenvalue weighted by Gasteiger charge is -2.15. The predicted octanol–water partition coefficient (Wildman–Crippen LogP) is 2.76. The molecule has 0 radical (unpaired) electrons. The minimum atomic E-state index is -0.441. The van der Waals surface area contributed by atoms with Crippen LogP contribution in [0.25, 0.3) is 21.7 Å². The van der Waals surface area contributed by atoms with Crippen LogP contribution in [0.1, 0.15) is 5.56 Å². The number of benzene rings is 2. The van der Waals surface area contributed by atoms with E-state index in [2.05, 4.69) is 4.74 Å². The summed E-state index contributed by atoms with van der Waals surface area (Å²) in [4.78, 5) is 25.0. The van der Waals surface area contributed by atoms with Gasteiger partial charge in [-0.25, -0.2) is 0 Å². The molecule has 0 unspecified atom stereocenters. The Hall–Kier alpha value is -2.82. The van der Waals surface area contributed by atoms with Crippen molar-refractivity contribution in [3.05, 3.63) is 48.2 Å². The number of methoxy groups -OCH3 is 1. The molecular formula is C18H17NO4. The number of hydrogen-bond donors (Lipinski definition) is 0. The Labute approximate surface area is 133 Å². The Morgan fingerprint density at radius 3 is 2.74 bits per heavy atom. The average molecular weight is 311 g/mol. The molecule has 0 saturated heterocycles. The van der Waals surface area contributed by atoms with Crippen molar-refractivity contribution in [2.24, 2.45) is 0 Å². The van der Waals surface area contributed by atoms with E-state index in [9.17, 15) is 9.59 Å². The SMILES string of the molecule is COC(=O)CN(C)C(=O)Cc1coc2ccc3ccccc3c12. The summed E-state index contributed by atoms with van der Waals surface area (Å²) in [6.45, 7) is -0.0636. The highest BCUT2D eigenvalue weighted by atomic mass is 16.5. The number of nitrogens with zero attached hydrogens (tertiary/aromatic N) is 1. The van der Waals surface area contributed by atoms with Gasteiger partial charge in [0.15, 0.2) is 0 Å². The zero-order valence-electron chi connectivity index (χ0n) is 13.0. The van der Waals surface area contributed by atoms with Gasteiger partial charge in [-0.1, -0.05) is 30.3 Å². The largest absolute Gasteiger partial charge is 0.468 e. The van der Waals surface area contributed by atoms with Crippen molar-refractivity contribution in [2.45, 2.75) is 6.42 Å². The van der Waals surface area contributed by atoms with Crippen LogP contribution in [0, 0.1) is 0 Å². The first kappa shape index (κ1) is 15.1. The second kappa shape index (κ2) is 6.12. The molecule has 0 saturated carbocycles. The number of fused-ring (bicyclic) bond motifs is 3. The van der Waals surface area contributed by atoms with Gasteiger partial charge in [0, 0.05) is 18.0 Å². The highest BCUT2D eigenvalue weighted by molar-refractivity contribution is 6.08. The van der Waals surface area contributed by atoms with Gasteiger partial charge in [-0.2, -0.15) is 0 Å². The molecule has 23 heavy (non-hydrogen) atoms. The van der Waals surface area contributed by atoms with E-state index in [1.807, 2.05) is 36.4 Å². The number of hydrogen-bond acceptors (Lipinski definition) is 4. The Bertz CT molecular complexity index is 881. The van der Waals surface area contributed by atoms with E-state index in [0.29, 0.717) is 0 Å². The molecule has 0 atom stereocenters. The molecule has 118 valence electrons. The molecule has 0 aliphatic carbocycles. The van der Waals surface area contributed by atoms with Crippen LogP contribution < -0.4 is 0 Å². The van der Waals surface area contributed by atoms with Gasteiger partial charge in [-0.05, 0) is 16.8 Å². The van der Waals surface area contributed by atoms with Crippen LogP contribution in [-0.4, -0.2) is 37.5 Å². The first-order valence-corrected chi connectivity index (χ1v) is 7.28. The molecule has 0 spiro atoms. The second-order valence-corrected chi connectivity index (χ2v) is 5.42. The third-order valence-electron chi connectivity index (χ3n) is 3.90. The van der Waals surface area contributed by atoms with Gasteiger partial charge in [-0.15, -0.1) is 0 Å². The van der Waals surface area contributed by atoms with Gasteiger partial charge < -0.3 is 14.1 Å². The van der Waals surface area contributed by atoms with Gasteiger partial charge in [0.1, 0.15) is 12.1 Å². The van der Waals surface area contributed by atoms with E-state index in [4.69, 9.17) is 4.42 Å². The first-order valence-electron chi connectivity index (χ1n) is 7.28. The van der Waals surface area contributed by atoms with E-state index in [-0.39, 0.29) is 18.9 Å². The summed E-state index contributed by atoms with van der Waals surface area (Å²) in [5.41, 5.74) is 1.57. The monoisotopic (exact) mass is 311 g/mol. The summed E-state index contributed by atoms with van der Waals surface area (Å²) < 4.78 is 10.2. The number of ether oxygens (including phenoxy) is 1. The number of rotatable bonds is 4. The van der Waals surface area contributed by atoms with Crippen molar-refractivity contribution in [1.29, 1.82) is 0 Å². The number of carbonyl (C=O) groups excluding carboxylic acids is 2. The highest BCUT2D eigenvalue weighted by Crippen LogP contribution is 2.30. The predicted molar refractivity (Wildman–Crippen MR) is 87.1 cm³/mol. The molecule has 5 heteroatoms. The molecule has 0 N–H and O–H groups in total. The molecule has 2 aromatic carbocycles. The Morgan fingerprint density at radius 1 is 1.17 bits per heavy atom. The summed E-state index contributed by atoms with van der Waals surface area (Å²) in [6.07, 6.45) is 1.79. The molecule has 3 aromatic rings. The van der Waals surface area contributed by atoms with Crippen LogP contribution in [0.4, 0.5) is 0 Å². The van der Waals surface area contributed by atoms with Gasteiger partial charge >= 0.3 is 5.97 Å². The smallest absolute Gasteiger partial charge is 0.325 e. The van der Waals surface area contributed by atoms with Crippen molar-refractivity contribution in [3.63, 3.8) is 0 Å². The van der Waals surface area contributed by atoms with Crippen LogP contribution >= 0.6 is 0 Å². The fourth-order valence-corrected chi connectivity index (χ4v) is 2.65. The van der Waals surface area contributed by atoms with E-state index >= 15 is 0 Å². The number of esters is 1. The standard InChI is InChI=1S/C18H17NO4/c1-19(10-17(21)22-2)16(20)9-13-11-23-15-8-7-12-5-3-4-6-14(12)18(13)15/h3-8,11H,9-10H2,1-2H3. The van der Waals surface area contributed by atoms with E-state index in [1.165, 1.54) is 12.0 Å². The van der Waals surface area contributed by atoms with Crippen LogP contribution in [0.5, 0.6) is 0 Å². The summed E-state index contributed by atoms with van der Waals surface area (Å²) in [5.74, 6) is -0.602. The zero-order valence-corrected chi connectivity index (χ0v) is 13.0. The number of amides is 1. The maximum Gasteiger partial charge on any atom is 0.325 e. The van der Waals surface area contributed by atoms with Crippen molar-refractivity contribution in [2.75, 3.05) is 20.7 Å². The molecular weight excluding hydrogens is 294 g/mol. The maximum absolute atomic E-state index is 12.3.